The van der Waals surface area contributed by atoms with Gasteiger partial charge in [0.05, 0.1) is 5.75 Å². The molecule has 2 atom stereocenters. The first-order valence-electron chi connectivity index (χ1n) is 4.83. The molecular weight excluding hydrogens is 188 g/mol. The molecule has 2 aliphatic heterocycles. The number of nitrogens with one attached hydrogen (secondary N) is 1. The van der Waals surface area contributed by atoms with Gasteiger partial charge in [0.1, 0.15) is 0 Å². The number of hydrogen-bond donors (Lipinski definition) is 1. The Labute approximate surface area is 79.4 Å². The molecule has 2 bridgehead atoms. The third-order valence-electron chi connectivity index (χ3n) is 2.96. The summed E-state index contributed by atoms with van der Waals surface area (Å²) < 4.78 is 24.8. The molecular formula is C8H16N2O2S. The molecule has 2 fully saturated rings. The maximum absolute atomic E-state index is 11.6. The SMILES string of the molecule is CCS(=O)(=O)N1C[C@@H]2CN[C@@H](C2)C1. The molecule has 0 aromatic carbocycles. The Hall–Kier alpha value is -0.130. The predicted octanol–water partition coefficient (Wildman–Crippen LogP) is -0.370. The first-order chi connectivity index (χ1) is 6.12. The van der Waals surface area contributed by atoms with Crippen LogP contribution in [0.4, 0.5) is 0 Å². The molecule has 4 nitrogen and oxygen atoms in total. The van der Waals surface area contributed by atoms with Gasteiger partial charge in [0.15, 0.2) is 0 Å². The summed E-state index contributed by atoms with van der Waals surface area (Å²) in [4.78, 5) is 0. The zero-order valence-electron chi connectivity index (χ0n) is 7.86. The van der Waals surface area contributed by atoms with Crippen LogP contribution in [0.2, 0.25) is 0 Å². The summed E-state index contributed by atoms with van der Waals surface area (Å²) in [7, 11) is -2.95. The van der Waals surface area contributed by atoms with Gasteiger partial charge in [-0.2, -0.15) is 0 Å². The molecule has 2 heterocycles. The van der Waals surface area contributed by atoms with E-state index in [0.717, 1.165) is 19.5 Å². The lowest BCUT2D eigenvalue weighted by atomic mass is 10.0. The van der Waals surface area contributed by atoms with E-state index < -0.39 is 10.0 Å². The average molecular weight is 204 g/mol. The van der Waals surface area contributed by atoms with Gasteiger partial charge in [-0.3, -0.25) is 0 Å². The Bertz CT molecular complexity index is 277. The van der Waals surface area contributed by atoms with E-state index >= 15 is 0 Å². The van der Waals surface area contributed by atoms with E-state index in [-0.39, 0.29) is 5.75 Å². The maximum atomic E-state index is 11.6. The zero-order chi connectivity index (χ0) is 9.47. The van der Waals surface area contributed by atoms with Crippen molar-refractivity contribution in [2.45, 2.75) is 19.4 Å². The van der Waals surface area contributed by atoms with Crippen LogP contribution in [0.3, 0.4) is 0 Å². The van der Waals surface area contributed by atoms with E-state index in [0.29, 0.717) is 18.5 Å². The molecule has 0 spiro atoms. The average Bonchev–Trinajstić information content (AvgIpc) is 2.45. The second-order valence-electron chi connectivity index (χ2n) is 3.92. The number of nitrogens with zero attached hydrogens (tertiary/aromatic N) is 1. The second kappa shape index (κ2) is 3.22. The Balaban J connectivity index is 2.11. The third kappa shape index (κ3) is 1.73. The van der Waals surface area contributed by atoms with Crippen LogP contribution >= 0.6 is 0 Å². The van der Waals surface area contributed by atoms with E-state index in [1.807, 2.05) is 0 Å². The molecule has 5 heteroatoms. The minimum absolute atomic E-state index is 0.229. The maximum Gasteiger partial charge on any atom is 0.213 e. The van der Waals surface area contributed by atoms with E-state index in [9.17, 15) is 8.42 Å². The monoisotopic (exact) mass is 204 g/mol. The van der Waals surface area contributed by atoms with Crippen LogP contribution in [0.5, 0.6) is 0 Å². The summed E-state index contributed by atoms with van der Waals surface area (Å²) in [6, 6.07) is 0.403. The van der Waals surface area contributed by atoms with Gasteiger partial charge in [0.25, 0.3) is 0 Å². The summed E-state index contributed by atoms with van der Waals surface area (Å²) in [5.41, 5.74) is 0. The highest BCUT2D eigenvalue weighted by molar-refractivity contribution is 7.89. The van der Waals surface area contributed by atoms with Crippen LogP contribution in [0, 0.1) is 5.92 Å². The summed E-state index contributed by atoms with van der Waals surface area (Å²) in [6.45, 7) is 4.09. The van der Waals surface area contributed by atoms with Crippen molar-refractivity contribution >= 4 is 10.0 Å². The van der Waals surface area contributed by atoms with Crippen LogP contribution in [0.15, 0.2) is 0 Å². The van der Waals surface area contributed by atoms with Crippen molar-refractivity contribution in [3.63, 3.8) is 0 Å². The number of rotatable bonds is 2. The summed E-state index contributed by atoms with van der Waals surface area (Å²) in [5, 5.41) is 3.34. The van der Waals surface area contributed by atoms with Crippen molar-refractivity contribution in [1.82, 2.24) is 9.62 Å². The van der Waals surface area contributed by atoms with Crippen LogP contribution in [0.25, 0.3) is 0 Å². The van der Waals surface area contributed by atoms with E-state index in [2.05, 4.69) is 5.32 Å². The van der Waals surface area contributed by atoms with Crippen molar-refractivity contribution in [3.05, 3.63) is 0 Å². The molecule has 0 radical (unpaired) electrons. The lowest BCUT2D eigenvalue weighted by molar-refractivity contribution is 0.295. The number of hydrogen-bond acceptors (Lipinski definition) is 3. The molecule has 2 saturated heterocycles. The third-order valence-corrected chi connectivity index (χ3v) is 4.77. The standard InChI is InChI=1S/C8H16N2O2S/c1-2-13(11,12)10-5-7-3-8(6-10)9-4-7/h7-9H,2-6H2,1H3/t7-,8-/m0/s1. The van der Waals surface area contributed by atoms with Crippen molar-refractivity contribution in [3.8, 4) is 0 Å². The molecule has 0 amide bonds. The molecule has 13 heavy (non-hydrogen) atoms. The quantitative estimate of drug-likeness (QED) is 0.667. The minimum Gasteiger partial charge on any atom is -0.312 e. The highest BCUT2D eigenvalue weighted by atomic mass is 32.2. The van der Waals surface area contributed by atoms with E-state index in [1.54, 1.807) is 11.2 Å². The molecule has 0 aromatic rings. The Morgan fingerprint density at radius 2 is 2.23 bits per heavy atom. The highest BCUT2D eigenvalue weighted by Gasteiger charge is 2.36. The normalized spacial score (nSPS) is 35.2. The van der Waals surface area contributed by atoms with Gasteiger partial charge in [0, 0.05) is 19.1 Å². The van der Waals surface area contributed by atoms with Crippen LogP contribution in [-0.2, 0) is 10.0 Å². The fourth-order valence-corrected chi connectivity index (χ4v) is 3.41. The Morgan fingerprint density at radius 1 is 1.46 bits per heavy atom. The zero-order valence-corrected chi connectivity index (χ0v) is 8.68. The van der Waals surface area contributed by atoms with Gasteiger partial charge in [-0.25, -0.2) is 12.7 Å². The molecule has 2 aliphatic rings. The molecule has 0 aliphatic carbocycles. The van der Waals surface area contributed by atoms with Crippen LogP contribution < -0.4 is 5.32 Å². The fraction of sp³-hybridized carbons (Fsp3) is 1.00. The van der Waals surface area contributed by atoms with Crippen molar-refractivity contribution in [2.24, 2.45) is 5.92 Å². The van der Waals surface area contributed by atoms with Gasteiger partial charge in [-0.1, -0.05) is 0 Å². The first-order valence-corrected chi connectivity index (χ1v) is 6.44. The lowest BCUT2D eigenvalue weighted by Gasteiger charge is -2.29. The Kier molecular flexibility index (Phi) is 2.33. The topological polar surface area (TPSA) is 49.4 Å². The first kappa shape index (κ1) is 9.43. The second-order valence-corrected chi connectivity index (χ2v) is 6.18. The minimum atomic E-state index is -2.95. The molecule has 0 unspecified atom stereocenters. The predicted molar refractivity (Wildman–Crippen MR) is 50.9 cm³/mol. The summed E-state index contributed by atoms with van der Waals surface area (Å²) >= 11 is 0. The molecule has 0 saturated carbocycles. The highest BCUT2D eigenvalue weighted by Crippen LogP contribution is 2.24. The van der Waals surface area contributed by atoms with Crippen LogP contribution in [0.1, 0.15) is 13.3 Å². The van der Waals surface area contributed by atoms with Gasteiger partial charge in [0.2, 0.25) is 10.0 Å². The van der Waals surface area contributed by atoms with Crippen molar-refractivity contribution in [2.75, 3.05) is 25.4 Å². The number of fused-ring (bicyclic) bond motifs is 2. The largest absolute Gasteiger partial charge is 0.312 e. The summed E-state index contributed by atoms with van der Waals surface area (Å²) in [5.74, 6) is 0.770. The number of sulfonamides is 1. The fourth-order valence-electron chi connectivity index (χ4n) is 2.20. The van der Waals surface area contributed by atoms with Crippen LogP contribution in [-0.4, -0.2) is 44.2 Å². The van der Waals surface area contributed by atoms with Gasteiger partial charge >= 0.3 is 0 Å². The van der Waals surface area contributed by atoms with Crippen molar-refractivity contribution < 1.29 is 8.42 Å². The number of piperidine rings is 1. The molecule has 2 rings (SSSR count). The van der Waals surface area contributed by atoms with Gasteiger partial charge in [-0.05, 0) is 25.8 Å². The van der Waals surface area contributed by atoms with Gasteiger partial charge in [-0.15, -0.1) is 0 Å². The molecule has 1 N–H and O–H groups in total. The summed E-state index contributed by atoms with van der Waals surface area (Å²) in [6.07, 6.45) is 1.15. The Morgan fingerprint density at radius 3 is 2.85 bits per heavy atom. The van der Waals surface area contributed by atoms with Crippen molar-refractivity contribution in [1.29, 1.82) is 0 Å². The molecule has 76 valence electrons. The molecule has 0 aromatic heterocycles. The smallest absolute Gasteiger partial charge is 0.213 e. The van der Waals surface area contributed by atoms with Gasteiger partial charge < -0.3 is 5.32 Å². The van der Waals surface area contributed by atoms with E-state index in [1.165, 1.54) is 0 Å². The van der Waals surface area contributed by atoms with E-state index in [4.69, 9.17) is 0 Å². The lowest BCUT2D eigenvalue weighted by Crippen LogP contribution is -2.44.